The monoisotopic (exact) mass is 348 g/mol. The Morgan fingerprint density at radius 3 is 0.278 bits per heavy atom. The van der Waals surface area contributed by atoms with Crippen molar-refractivity contribution < 1.29 is 94.4 Å². The molecule has 0 aliphatic carbocycles. The van der Waals surface area contributed by atoms with E-state index in [1.807, 2.05) is 0 Å². The summed E-state index contributed by atoms with van der Waals surface area (Å²) in [5, 5.41) is 101. The molecule has 0 aliphatic heterocycles. The van der Waals surface area contributed by atoms with Gasteiger partial charge in [0.25, 0.3) is 0 Å². The Kier molecular flexibility index (Phi) is 62.0. The smallest absolute Gasteiger partial charge is 0.907 e. The molecular formula is B4Fe2O12. The predicted octanol–water partition coefficient (Wildman–Crippen LogP) is -15.8. The molecule has 12 nitrogen and oxygen atoms in total. The molecule has 0 fully saturated rings. The van der Waals surface area contributed by atoms with Gasteiger partial charge in [0.05, 0.1) is 0 Å². The summed E-state index contributed by atoms with van der Waals surface area (Å²) in [6.07, 6.45) is 0. The minimum Gasteiger partial charge on any atom is -0.907 e. The number of rotatable bonds is 0. The Balaban J connectivity index is -0.0000000257. The van der Waals surface area contributed by atoms with Crippen LogP contribution in [0.4, 0.5) is 0 Å². The third-order valence-electron chi connectivity index (χ3n) is 0. The van der Waals surface area contributed by atoms with Crippen LogP contribution in [0, 0.1) is 0 Å². The molecule has 0 spiro atoms. The summed E-state index contributed by atoms with van der Waals surface area (Å²) < 4.78 is 0. The average molecular weight is 347 g/mol. The zero-order valence-electron chi connectivity index (χ0n) is 7.92. The fraction of sp³-hybridized carbons (Fsp3) is 0. The number of hydrogen-bond donors (Lipinski definition) is 0. The van der Waals surface area contributed by atoms with Gasteiger partial charge in [0, 0.05) is 0 Å². The molecule has 0 saturated heterocycles. The summed E-state index contributed by atoms with van der Waals surface area (Å²) in [6, 6.07) is 0. The molecule has 0 aromatic rings. The Morgan fingerprint density at radius 1 is 0.278 bits per heavy atom. The minimum atomic E-state index is -2.92. The maximum Gasteiger partial charge on any atom is 6.00 e. The fourth-order valence-electron chi connectivity index (χ4n) is 0. The second-order valence-corrected chi connectivity index (χ2v) is 1.15. The third-order valence-corrected chi connectivity index (χ3v) is 0. The van der Waals surface area contributed by atoms with Crippen LogP contribution in [-0.4, -0.2) is 29.3 Å². The van der Waals surface area contributed by atoms with E-state index >= 15 is 0 Å². The van der Waals surface area contributed by atoms with Gasteiger partial charge >= 0.3 is 34.1 Å². The quantitative estimate of drug-likeness (QED) is 0.369. The first-order chi connectivity index (χ1) is 6.93. The maximum atomic E-state index is 8.42. The molecule has 0 unspecified atom stereocenters. The molecule has 0 aliphatic rings. The first-order valence-electron chi connectivity index (χ1n) is 2.83. The van der Waals surface area contributed by atoms with Crippen LogP contribution >= 0.6 is 0 Å². The fourth-order valence-corrected chi connectivity index (χ4v) is 0. The van der Waals surface area contributed by atoms with Crippen LogP contribution in [0.2, 0.25) is 0 Å². The normalized spacial score (nSPS) is 6.00. The van der Waals surface area contributed by atoms with E-state index in [2.05, 4.69) is 0 Å². The van der Waals surface area contributed by atoms with Crippen LogP contribution in [0.5, 0.6) is 0 Å². The molecular weight excluding hydrogens is 347 g/mol. The summed E-state index contributed by atoms with van der Waals surface area (Å²) in [5.41, 5.74) is 0. The Hall–Kier alpha value is 0.819. The van der Waals surface area contributed by atoms with Gasteiger partial charge in [-0.25, -0.2) is 0 Å². The van der Waals surface area contributed by atoms with Crippen LogP contribution in [0.1, 0.15) is 0 Å². The van der Waals surface area contributed by atoms with E-state index in [1.165, 1.54) is 0 Å². The van der Waals surface area contributed by atoms with Crippen molar-refractivity contribution in [2.75, 3.05) is 0 Å². The van der Waals surface area contributed by atoms with E-state index in [0.717, 1.165) is 0 Å². The van der Waals surface area contributed by atoms with Crippen molar-refractivity contribution in [2.24, 2.45) is 0 Å². The largest absolute Gasteiger partial charge is 6.00 e. The van der Waals surface area contributed by atoms with Crippen molar-refractivity contribution in [3.05, 3.63) is 0 Å². The van der Waals surface area contributed by atoms with E-state index in [4.69, 9.17) is 60.3 Å². The van der Waals surface area contributed by atoms with Crippen LogP contribution < -0.4 is 60.3 Å². The van der Waals surface area contributed by atoms with Crippen molar-refractivity contribution in [3.8, 4) is 0 Å². The number of hydrogen-bond acceptors (Lipinski definition) is 12. The Labute approximate surface area is 124 Å². The van der Waals surface area contributed by atoms with E-state index < -0.39 is 29.3 Å². The zero-order chi connectivity index (χ0) is 14.3. The standard InChI is InChI=1S/4BO3.2Fe/c4*2-1(3)4;;/q4*-3;2*+6. The van der Waals surface area contributed by atoms with Gasteiger partial charge in [0.2, 0.25) is 0 Å². The van der Waals surface area contributed by atoms with Gasteiger partial charge in [-0.3, -0.25) is 29.3 Å². The molecule has 0 aromatic carbocycles. The molecule has 0 atom stereocenters. The molecule has 0 rings (SSSR count). The van der Waals surface area contributed by atoms with Crippen molar-refractivity contribution in [1.29, 1.82) is 0 Å². The van der Waals surface area contributed by atoms with E-state index in [0.29, 0.717) is 0 Å². The van der Waals surface area contributed by atoms with Gasteiger partial charge < -0.3 is 60.3 Å². The van der Waals surface area contributed by atoms with E-state index in [1.54, 1.807) is 0 Å². The van der Waals surface area contributed by atoms with Gasteiger partial charge in [-0.15, -0.1) is 0 Å². The van der Waals surface area contributed by atoms with Gasteiger partial charge in [0.15, 0.2) is 0 Å². The predicted molar refractivity (Wildman–Crippen MR) is 23.0 cm³/mol. The molecule has 0 heterocycles. The molecule has 0 amide bonds. The second kappa shape index (κ2) is 30.7. The summed E-state index contributed by atoms with van der Waals surface area (Å²) in [7, 11) is -11.7. The van der Waals surface area contributed by atoms with Gasteiger partial charge in [-0.2, -0.15) is 0 Å². The van der Waals surface area contributed by atoms with Crippen molar-refractivity contribution in [2.45, 2.75) is 0 Å². The van der Waals surface area contributed by atoms with Crippen molar-refractivity contribution >= 4 is 29.3 Å². The average Bonchev–Trinajstić information content (AvgIpc) is 1.76. The summed E-state index contributed by atoms with van der Waals surface area (Å²) >= 11 is 0. The maximum absolute atomic E-state index is 8.42. The van der Waals surface area contributed by atoms with E-state index in [-0.39, 0.29) is 34.1 Å². The molecule has 0 aromatic heterocycles. The SMILES string of the molecule is [Fe+6].[Fe+6].[O-]B([O-])[O-].[O-]B([O-])[O-].[O-]B([O-])[O-].[O-]B([O-])[O-]. The van der Waals surface area contributed by atoms with Crippen LogP contribution in [0.25, 0.3) is 0 Å². The molecule has 0 radical (unpaired) electrons. The van der Waals surface area contributed by atoms with Gasteiger partial charge in [0.1, 0.15) is 0 Å². The summed E-state index contributed by atoms with van der Waals surface area (Å²) in [6.45, 7) is 0. The molecule has 100 valence electrons. The topological polar surface area (TPSA) is 277 Å². The molecule has 18 heteroatoms. The molecule has 18 heavy (non-hydrogen) atoms. The first kappa shape index (κ1) is 36.4. The minimum absolute atomic E-state index is 0. The van der Waals surface area contributed by atoms with E-state index in [9.17, 15) is 0 Å². The zero-order valence-corrected chi connectivity index (χ0v) is 10.1. The first-order valence-corrected chi connectivity index (χ1v) is 2.83. The molecule has 0 saturated carbocycles. The summed E-state index contributed by atoms with van der Waals surface area (Å²) in [4.78, 5) is 0. The van der Waals surface area contributed by atoms with Crippen LogP contribution in [-0.2, 0) is 34.1 Å². The Bertz CT molecular complexity index is 65.1. The van der Waals surface area contributed by atoms with Crippen LogP contribution in [0.15, 0.2) is 0 Å². The third kappa shape index (κ3) is 6280. The Morgan fingerprint density at radius 2 is 0.278 bits per heavy atom. The van der Waals surface area contributed by atoms with Gasteiger partial charge in [-0.1, -0.05) is 0 Å². The summed E-state index contributed by atoms with van der Waals surface area (Å²) in [5.74, 6) is 0. The van der Waals surface area contributed by atoms with Crippen LogP contribution in [0.3, 0.4) is 0 Å². The van der Waals surface area contributed by atoms with Gasteiger partial charge in [-0.05, 0) is 0 Å². The molecule has 0 N–H and O–H groups in total. The van der Waals surface area contributed by atoms with Crippen molar-refractivity contribution in [1.82, 2.24) is 0 Å². The second-order valence-electron chi connectivity index (χ2n) is 1.15. The van der Waals surface area contributed by atoms with Crippen molar-refractivity contribution in [3.63, 3.8) is 0 Å². The molecule has 0 bridgehead atoms.